The van der Waals surface area contributed by atoms with E-state index in [4.69, 9.17) is 10.00 Å². The van der Waals surface area contributed by atoms with Gasteiger partial charge in [-0.3, -0.25) is 4.99 Å². The minimum absolute atomic E-state index is 0.149. The third-order valence-electron chi connectivity index (χ3n) is 3.53. The zero-order valence-corrected chi connectivity index (χ0v) is 16.9. The lowest BCUT2D eigenvalue weighted by Crippen LogP contribution is -2.30. The van der Waals surface area contributed by atoms with E-state index >= 15 is 0 Å². The number of aliphatic imine (C=N–C) groups is 1. The van der Waals surface area contributed by atoms with Gasteiger partial charge in [0, 0.05) is 17.2 Å². The molecule has 7 nitrogen and oxygen atoms in total. The summed E-state index contributed by atoms with van der Waals surface area (Å²) in [6.07, 6.45) is 3.53. The van der Waals surface area contributed by atoms with Gasteiger partial charge in [0.1, 0.15) is 12.5 Å². The van der Waals surface area contributed by atoms with Crippen LogP contribution in [-0.4, -0.2) is 48.7 Å². The van der Waals surface area contributed by atoms with Gasteiger partial charge in [-0.05, 0) is 58.0 Å². The normalized spacial score (nSPS) is 12.7. The van der Waals surface area contributed by atoms with Crippen molar-refractivity contribution in [2.75, 3.05) is 24.8 Å². The van der Waals surface area contributed by atoms with E-state index in [-0.39, 0.29) is 18.5 Å². The number of hydrogen-bond acceptors (Lipinski definition) is 8. The first-order chi connectivity index (χ1) is 13.0. The Morgan fingerprint density at radius 1 is 1.48 bits per heavy atom. The van der Waals surface area contributed by atoms with Crippen molar-refractivity contribution in [2.24, 2.45) is 10.1 Å². The van der Waals surface area contributed by atoms with E-state index in [2.05, 4.69) is 28.2 Å². The summed E-state index contributed by atoms with van der Waals surface area (Å²) in [6, 6.07) is 9.00. The molecular weight excluding hydrogens is 362 g/mol. The molecule has 0 aliphatic carbocycles. The second-order valence-corrected chi connectivity index (χ2v) is 6.49. The minimum Gasteiger partial charge on any atom is -0.462 e. The summed E-state index contributed by atoms with van der Waals surface area (Å²) >= 11 is 1.52. The number of nitriles is 1. The molecule has 1 unspecified atom stereocenters. The SMILES string of the molecule is C=NCN(/N=C\C)/C(Nc1ccc(C#N)cc1)=C(/C(=O)OCC)C(C)SC. The van der Waals surface area contributed by atoms with E-state index in [0.717, 1.165) is 0 Å². The number of carbonyl (C=O) groups is 1. The van der Waals surface area contributed by atoms with Gasteiger partial charge in [-0.25, -0.2) is 9.80 Å². The number of nitrogens with zero attached hydrogens (tertiary/aromatic N) is 4. The molecule has 1 rings (SSSR count). The smallest absolute Gasteiger partial charge is 0.338 e. The molecule has 1 aromatic carbocycles. The highest BCUT2D eigenvalue weighted by atomic mass is 32.2. The molecule has 0 saturated heterocycles. The van der Waals surface area contributed by atoms with Gasteiger partial charge >= 0.3 is 5.97 Å². The largest absolute Gasteiger partial charge is 0.462 e. The van der Waals surface area contributed by atoms with Gasteiger partial charge in [0.05, 0.1) is 23.8 Å². The van der Waals surface area contributed by atoms with Gasteiger partial charge < -0.3 is 10.1 Å². The van der Waals surface area contributed by atoms with Gasteiger partial charge in [-0.2, -0.15) is 22.1 Å². The lowest BCUT2D eigenvalue weighted by Gasteiger charge is -2.26. The van der Waals surface area contributed by atoms with E-state index < -0.39 is 5.97 Å². The molecule has 0 fully saturated rings. The summed E-state index contributed by atoms with van der Waals surface area (Å²) in [4.78, 5) is 16.6. The van der Waals surface area contributed by atoms with Crippen molar-refractivity contribution in [3.05, 3.63) is 41.2 Å². The maximum atomic E-state index is 12.7. The number of ether oxygens (including phenoxy) is 1. The molecule has 0 spiro atoms. The fraction of sp³-hybridized carbons (Fsp3) is 0.368. The van der Waals surface area contributed by atoms with Gasteiger partial charge in [0.2, 0.25) is 0 Å². The van der Waals surface area contributed by atoms with Crippen LogP contribution in [0, 0.1) is 11.3 Å². The lowest BCUT2D eigenvalue weighted by molar-refractivity contribution is -0.138. The molecule has 1 N–H and O–H groups in total. The third kappa shape index (κ3) is 6.46. The van der Waals surface area contributed by atoms with Crippen molar-refractivity contribution in [3.63, 3.8) is 0 Å². The van der Waals surface area contributed by atoms with E-state index in [0.29, 0.717) is 22.6 Å². The van der Waals surface area contributed by atoms with Crippen LogP contribution in [0.15, 0.2) is 45.8 Å². The first-order valence-corrected chi connectivity index (χ1v) is 9.70. The highest BCUT2D eigenvalue weighted by molar-refractivity contribution is 7.99. The fourth-order valence-corrected chi connectivity index (χ4v) is 2.66. The zero-order chi connectivity index (χ0) is 20.2. The van der Waals surface area contributed by atoms with Crippen LogP contribution in [0.2, 0.25) is 0 Å². The number of esters is 1. The number of rotatable bonds is 10. The van der Waals surface area contributed by atoms with Crippen molar-refractivity contribution < 1.29 is 9.53 Å². The van der Waals surface area contributed by atoms with Gasteiger partial charge in [0.15, 0.2) is 0 Å². The fourth-order valence-electron chi connectivity index (χ4n) is 2.22. The van der Waals surface area contributed by atoms with Crippen LogP contribution < -0.4 is 5.32 Å². The molecule has 0 heterocycles. The van der Waals surface area contributed by atoms with E-state index in [1.54, 1.807) is 49.3 Å². The van der Waals surface area contributed by atoms with Gasteiger partial charge in [-0.15, -0.1) is 0 Å². The molecule has 0 radical (unpaired) electrons. The van der Waals surface area contributed by atoms with Crippen molar-refractivity contribution in [2.45, 2.75) is 26.0 Å². The predicted molar refractivity (Wildman–Crippen MR) is 112 cm³/mol. The molecule has 0 aromatic heterocycles. The average Bonchev–Trinajstić information content (AvgIpc) is 2.67. The topological polar surface area (TPSA) is 90.1 Å². The molecule has 0 bridgehead atoms. The molecule has 0 saturated carbocycles. The van der Waals surface area contributed by atoms with E-state index in [1.807, 2.05) is 13.2 Å². The Kier molecular flexibility index (Phi) is 9.69. The predicted octanol–water partition coefficient (Wildman–Crippen LogP) is 3.46. The quantitative estimate of drug-likeness (QED) is 0.286. The Hall–Kier alpha value is -2.79. The van der Waals surface area contributed by atoms with Crippen LogP contribution in [0.1, 0.15) is 26.3 Å². The second kappa shape index (κ2) is 11.8. The number of hydrazone groups is 1. The van der Waals surface area contributed by atoms with Crippen LogP contribution in [0.25, 0.3) is 0 Å². The van der Waals surface area contributed by atoms with Crippen LogP contribution >= 0.6 is 11.8 Å². The Labute approximate surface area is 164 Å². The first kappa shape index (κ1) is 22.3. The molecule has 27 heavy (non-hydrogen) atoms. The number of hydrogen-bond donors (Lipinski definition) is 1. The van der Waals surface area contributed by atoms with Crippen LogP contribution in [0.4, 0.5) is 5.69 Å². The molecule has 0 aliphatic rings. The molecule has 0 amide bonds. The summed E-state index contributed by atoms with van der Waals surface area (Å²) in [5.41, 5.74) is 1.70. The summed E-state index contributed by atoms with van der Waals surface area (Å²) in [5.74, 6) is 0.0429. The minimum atomic E-state index is -0.420. The number of anilines is 1. The lowest BCUT2D eigenvalue weighted by atomic mass is 10.1. The molecule has 1 atom stereocenters. The molecular formula is C19H25N5O2S. The van der Waals surface area contributed by atoms with Gasteiger partial charge in [0.25, 0.3) is 0 Å². The average molecular weight is 388 g/mol. The Balaban J connectivity index is 3.52. The summed E-state index contributed by atoms with van der Waals surface area (Å²) in [5, 5.41) is 17.9. The van der Waals surface area contributed by atoms with Crippen molar-refractivity contribution in [1.29, 1.82) is 5.26 Å². The standard InChI is InChI=1S/C19H25N5O2S/c1-6-22-24(13-21-4)18(17(14(3)27-5)19(25)26-7-2)23-16-10-8-15(12-20)9-11-16/h6,8-11,14,23H,4,7,13H2,1-3,5H3/b18-17+,22-6-. The van der Waals surface area contributed by atoms with Crippen molar-refractivity contribution in [1.82, 2.24) is 5.01 Å². The summed E-state index contributed by atoms with van der Waals surface area (Å²) in [7, 11) is 0. The molecule has 1 aromatic rings. The maximum absolute atomic E-state index is 12.7. The number of carbonyl (C=O) groups excluding carboxylic acids is 1. The number of nitrogens with one attached hydrogen (secondary N) is 1. The van der Waals surface area contributed by atoms with Crippen LogP contribution in [-0.2, 0) is 9.53 Å². The Bertz CT molecular complexity index is 737. The Morgan fingerprint density at radius 2 is 2.15 bits per heavy atom. The highest BCUT2D eigenvalue weighted by Gasteiger charge is 2.26. The molecule has 0 aliphatic heterocycles. The molecule has 8 heteroatoms. The number of thioether (sulfide) groups is 1. The zero-order valence-electron chi connectivity index (χ0n) is 16.1. The second-order valence-electron chi connectivity index (χ2n) is 5.31. The van der Waals surface area contributed by atoms with Crippen molar-refractivity contribution >= 4 is 36.4 Å². The maximum Gasteiger partial charge on any atom is 0.338 e. The van der Waals surface area contributed by atoms with E-state index in [9.17, 15) is 4.79 Å². The van der Waals surface area contributed by atoms with Crippen LogP contribution in [0.3, 0.4) is 0 Å². The Morgan fingerprint density at radius 3 is 2.63 bits per heavy atom. The van der Waals surface area contributed by atoms with Gasteiger partial charge in [-0.1, -0.05) is 0 Å². The first-order valence-electron chi connectivity index (χ1n) is 8.42. The van der Waals surface area contributed by atoms with Crippen molar-refractivity contribution in [3.8, 4) is 6.07 Å². The van der Waals surface area contributed by atoms with E-state index in [1.165, 1.54) is 11.8 Å². The summed E-state index contributed by atoms with van der Waals surface area (Å²) in [6.45, 7) is 9.42. The molecule has 144 valence electrons. The van der Waals surface area contributed by atoms with Crippen LogP contribution in [0.5, 0.6) is 0 Å². The monoisotopic (exact) mass is 387 g/mol. The summed E-state index contributed by atoms with van der Waals surface area (Å²) < 4.78 is 5.27. The highest BCUT2D eigenvalue weighted by Crippen LogP contribution is 2.25. The third-order valence-corrected chi connectivity index (χ3v) is 4.48. The number of benzene rings is 1.